The second-order valence-corrected chi connectivity index (χ2v) is 4.16. The van der Waals surface area contributed by atoms with Crippen molar-refractivity contribution in [3.05, 3.63) is 71.1 Å². The van der Waals surface area contributed by atoms with Gasteiger partial charge in [-0.2, -0.15) is 0 Å². The molecule has 1 heterocycles. The Labute approximate surface area is 117 Å². The van der Waals surface area contributed by atoms with Crippen molar-refractivity contribution in [2.24, 2.45) is 0 Å². The van der Waals surface area contributed by atoms with Crippen LogP contribution in [0.5, 0.6) is 0 Å². The van der Waals surface area contributed by atoms with Crippen molar-refractivity contribution >= 4 is 11.0 Å². The van der Waals surface area contributed by atoms with Gasteiger partial charge in [0.25, 0.3) is 0 Å². The molecule has 0 fully saturated rings. The number of hydrogen-bond acceptors (Lipinski definition) is 3. The number of fused-ring (bicyclic) bond motifs is 1. The van der Waals surface area contributed by atoms with Crippen LogP contribution in [0.15, 0.2) is 70.1 Å². The van der Waals surface area contributed by atoms with E-state index in [9.17, 15) is 4.79 Å². The van der Waals surface area contributed by atoms with Crippen LogP contribution >= 0.6 is 0 Å². The van der Waals surface area contributed by atoms with Crippen molar-refractivity contribution in [1.82, 2.24) is 0 Å². The molecule has 102 valence electrons. The fourth-order valence-corrected chi connectivity index (χ4v) is 1.89. The highest BCUT2D eigenvalue weighted by molar-refractivity contribution is 5.81. The van der Waals surface area contributed by atoms with Crippen LogP contribution in [0, 0.1) is 0 Å². The highest BCUT2D eigenvalue weighted by atomic mass is 16.3. The summed E-state index contributed by atoms with van der Waals surface area (Å²) in [6, 6.07) is 16.8. The first kappa shape index (κ1) is 14.0. The lowest BCUT2D eigenvalue weighted by atomic mass is 10.1. The summed E-state index contributed by atoms with van der Waals surface area (Å²) in [5.41, 5.74) is 2.12. The van der Waals surface area contributed by atoms with E-state index >= 15 is 0 Å². The summed E-state index contributed by atoms with van der Waals surface area (Å²) in [5, 5.41) is 8.19. The van der Waals surface area contributed by atoms with E-state index in [0.29, 0.717) is 16.5 Å². The molecule has 0 radical (unpaired) electrons. The fourth-order valence-electron chi connectivity index (χ4n) is 1.89. The minimum absolute atomic E-state index is 0.0121. The van der Waals surface area contributed by atoms with Gasteiger partial charge in [-0.3, -0.25) is 4.79 Å². The zero-order valence-electron chi connectivity index (χ0n) is 11.2. The molecule has 0 amide bonds. The maximum atomic E-state index is 12.3. The van der Waals surface area contributed by atoms with Gasteiger partial charge in [0.15, 0.2) is 5.43 Å². The maximum absolute atomic E-state index is 12.3. The monoisotopic (exact) mass is 268 g/mol. The average molecular weight is 268 g/mol. The molecule has 1 N–H and O–H groups in total. The number of benzene rings is 2. The first-order valence-corrected chi connectivity index (χ1v) is 6.44. The van der Waals surface area contributed by atoms with Crippen molar-refractivity contribution in [3.63, 3.8) is 0 Å². The Kier molecular flexibility index (Phi) is 4.69. The lowest BCUT2D eigenvalue weighted by Gasteiger charge is -2.01. The van der Waals surface area contributed by atoms with Crippen LogP contribution in [0.2, 0.25) is 0 Å². The van der Waals surface area contributed by atoms with Crippen LogP contribution in [0.1, 0.15) is 6.92 Å². The number of rotatable bonds is 1. The van der Waals surface area contributed by atoms with Crippen molar-refractivity contribution in [3.8, 4) is 11.1 Å². The van der Waals surface area contributed by atoms with Crippen molar-refractivity contribution in [2.75, 3.05) is 6.61 Å². The molecule has 0 unspecified atom stereocenters. The van der Waals surface area contributed by atoms with E-state index in [2.05, 4.69) is 0 Å². The lowest BCUT2D eigenvalue weighted by molar-refractivity contribution is 0.318. The molecular formula is C17H16O3. The van der Waals surface area contributed by atoms with Crippen LogP contribution in [0.4, 0.5) is 0 Å². The molecule has 2 aromatic carbocycles. The Balaban J connectivity index is 0.000000452. The van der Waals surface area contributed by atoms with Gasteiger partial charge < -0.3 is 9.52 Å². The third-order valence-electron chi connectivity index (χ3n) is 2.76. The highest BCUT2D eigenvalue weighted by Gasteiger charge is 2.07. The molecule has 1 aromatic heterocycles. The van der Waals surface area contributed by atoms with Crippen LogP contribution in [0.3, 0.4) is 0 Å². The number of para-hydroxylation sites is 1. The van der Waals surface area contributed by atoms with Crippen molar-refractivity contribution < 1.29 is 9.52 Å². The molecule has 3 rings (SSSR count). The van der Waals surface area contributed by atoms with E-state index in [1.54, 1.807) is 19.1 Å². The maximum Gasteiger partial charge on any atom is 0.200 e. The Morgan fingerprint density at radius 3 is 2.30 bits per heavy atom. The van der Waals surface area contributed by atoms with Gasteiger partial charge in [-0.05, 0) is 24.6 Å². The molecule has 0 aliphatic rings. The Hall–Kier alpha value is -2.39. The first-order valence-electron chi connectivity index (χ1n) is 6.44. The number of aliphatic hydroxyl groups is 1. The Morgan fingerprint density at radius 1 is 1.00 bits per heavy atom. The molecule has 3 aromatic rings. The lowest BCUT2D eigenvalue weighted by Crippen LogP contribution is -2.04. The van der Waals surface area contributed by atoms with Crippen LogP contribution in [-0.2, 0) is 0 Å². The van der Waals surface area contributed by atoms with Gasteiger partial charge >= 0.3 is 0 Å². The molecule has 3 heteroatoms. The molecule has 3 nitrogen and oxygen atoms in total. The SMILES string of the molecule is CCO.O=c1c(-c2ccccc2)coc2ccccc12. The summed E-state index contributed by atoms with van der Waals surface area (Å²) in [6.45, 7) is 1.93. The van der Waals surface area contributed by atoms with Gasteiger partial charge in [0.2, 0.25) is 0 Å². The molecule has 0 saturated carbocycles. The predicted octanol–water partition coefficient (Wildman–Crippen LogP) is 3.46. The summed E-state index contributed by atoms with van der Waals surface area (Å²) < 4.78 is 5.48. The largest absolute Gasteiger partial charge is 0.463 e. The van der Waals surface area contributed by atoms with E-state index in [0.717, 1.165) is 5.56 Å². The summed E-state index contributed by atoms with van der Waals surface area (Å²) in [5.74, 6) is 0. The van der Waals surface area contributed by atoms with Crippen LogP contribution in [-0.4, -0.2) is 11.7 Å². The summed E-state index contributed by atoms with van der Waals surface area (Å²) in [6.07, 6.45) is 1.53. The molecule has 0 bridgehead atoms. The smallest absolute Gasteiger partial charge is 0.200 e. The van der Waals surface area contributed by atoms with Crippen LogP contribution < -0.4 is 5.43 Å². The zero-order chi connectivity index (χ0) is 14.4. The van der Waals surface area contributed by atoms with E-state index < -0.39 is 0 Å². The third-order valence-corrected chi connectivity index (χ3v) is 2.76. The Bertz CT molecular complexity index is 730. The summed E-state index contributed by atoms with van der Waals surface area (Å²) in [7, 11) is 0. The predicted molar refractivity (Wildman–Crippen MR) is 80.7 cm³/mol. The quantitative estimate of drug-likeness (QED) is 0.735. The van der Waals surface area contributed by atoms with E-state index in [1.165, 1.54) is 6.26 Å². The van der Waals surface area contributed by atoms with E-state index in [-0.39, 0.29) is 12.0 Å². The molecule has 0 aliphatic carbocycles. The van der Waals surface area contributed by atoms with Gasteiger partial charge in [-0.1, -0.05) is 42.5 Å². The third kappa shape index (κ3) is 2.95. The van der Waals surface area contributed by atoms with Gasteiger partial charge in [0, 0.05) is 6.61 Å². The zero-order valence-corrected chi connectivity index (χ0v) is 11.2. The highest BCUT2D eigenvalue weighted by Crippen LogP contribution is 2.18. The second-order valence-electron chi connectivity index (χ2n) is 4.16. The first-order chi connectivity index (χ1) is 9.77. The van der Waals surface area contributed by atoms with E-state index in [4.69, 9.17) is 9.52 Å². The summed E-state index contributed by atoms with van der Waals surface area (Å²) in [4.78, 5) is 12.3. The van der Waals surface area contributed by atoms with E-state index in [1.807, 2.05) is 42.5 Å². The molecule has 0 atom stereocenters. The van der Waals surface area contributed by atoms with Crippen LogP contribution in [0.25, 0.3) is 22.1 Å². The van der Waals surface area contributed by atoms with Crippen molar-refractivity contribution in [1.29, 1.82) is 0 Å². The summed E-state index contributed by atoms with van der Waals surface area (Å²) >= 11 is 0. The number of hydrogen-bond donors (Lipinski definition) is 1. The minimum atomic E-state index is 0.0121. The van der Waals surface area contributed by atoms with Gasteiger partial charge in [-0.25, -0.2) is 0 Å². The molecule has 20 heavy (non-hydrogen) atoms. The minimum Gasteiger partial charge on any atom is -0.463 e. The number of aliphatic hydroxyl groups excluding tert-OH is 1. The topological polar surface area (TPSA) is 50.4 Å². The molecular weight excluding hydrogens is 252 g/mol. The normalized spacial score (nSPS) is 9.90. The van der Waals surface area contributed by atoms with Crippen molar-refractivity contribution in [2.45, 2.75) is 6.92 Å². The molecule has 0 spiro atoms. The van der Waals surface area contributed by atoms with Gasteiger partial charge in [-0.15, -0.1) is 0 Å². The molecule has 0 saturated heterocycles. The standard InChI is InChI=1S/C15H10O2.C2H6O/c16-15-12-8-4-5-9-14(12)17-10-13(15)11-6-2-1-3-7-11;1-2-3/h1-10H;3H,2H2,1H3. The average Bonchev–Trinajstić information content (AvgIpc) is 2.50. The fraction of sp³-hybridized carbons (Fsp3) is 0.118. The Morgan fingerprint density at radius 2 is 1.60 bits per heavy atom. The van der Waals surface area contributed by atoms with Gasteiger partial charge in [0.05, 0.1) is 10.9 Å². The van der Waals surface area contributed by atoms with Gasteiger partial charge in [0.1, 0.15) is 11.8 Å². The second kappa shape index (κ2) is 6.68. The molecule has 0 aliphatic heterocycles.